The number of carbonyl (C=O) groups is 1. The van der Waals surface area contributed by atoms with Gasteiger partial charge in [0.05, 0.1) is 12.7 Å². The average Bonchev–Trinajstić information content (AvgIpc) is 2.47. The summed E-state index contributed by atoms with van der Waals surface area (Å²) in [5.41, 5.74) is 1.97. The van der Waals surface area contributed by atoms with Crippen molar-refractivity contribution in [3.63, 3.8) is 0 Å². The number of Topliss-reactive ketones (excluding diaryl/α,β-unsaturated/α-hetero) is 1. The summed E-state index contributed by atoms with van der Waals surface area (Å²) >= 11 is 0. The first-order valence-electron chi connectivity index (χ1n) is 7.22. The van der Waals surface area contributed by atoms with Crippen molar-refractivity contribution in [2.45, 2.75) is 44.6 Å². The maximum Gasteiger partial charge on any atom is 0.165 e. The molecule has 1 heterocycles. The van der Waals surface area contributed by atoms with Crippen molar-refractivity contribution < 1.29 is 14.6 Å². The molecule has 102 valence electrons. The molecular weight excluding hydrogens is 240 g/mol. The first kappa shape index (κ1) is 12.7. The molecule has 1 N–H and O–H groups in total. The number of aliphatic hydroxyl groups is 1. The number of fused-ring (bicyclic) bond motifs is 1. The molecule has 1 aromatic rings. The standard InChI is InChI=1S/C16H20O3/c17-14-6-3-11(4-7-14)16(18)13-5-8-15-12(10-13)2-1-9-19-15/h5,8,10-11,14,17H,1-4,6-7,9H2. The first-order valence-corrected chi connectivity index (χ1v) is 7.22. The Bertz CT molecular complexity index is 473. The van der Waals surface area contributed by atoms with Crippen LogP contribution >= 0.6 is 0 Å². The Labute approximate surface area is 113 Å². The van der Waals surface area contributed by atoms with Gasteiger partial charge in [0, 0.05) is 11.5 Å². The minimum Gasteiger partial charge on any atom is -0.493 e. The van der Waals surface area contributed by atoms with Gasteiger partial charge in [-0.1, -0.05) is 0 Å². The number of aryl methyl sites for hydroxylation is 1. The molecule has 1 saturated carbocycles. The number of ketones is 1. The van der Waals surface area contributed by atoms with Gasteiger partial charge < -0.3 is 9.84 Å². The lowest BCUT2D eigenvalue weighted by Gasteiger charge is -2.25. The number of ether oxygens (including phenoxy) is 1. The molecule has 0 bridgehead atoms. The van der Waals surface area contributed by atoms with E-state index in [0.717, 1.165) is 62.0 Å². The van der Waals surface area contributed by atoms with E-state index in [1.807, 2.05) is 18.2 Å². The van der Waals surface area contributed by atoms with E-state index in [4.69, 9.17) is 4.74 Å². The highest BCUT2D eigenvalue weighted by molar-refractivity contribution is 5.98. The van der Waals surface area contributed by atoms with Gasteiger partial charge in [-0.3, -0.25) is 4.79 Å². The van der Waals surface area contributed by atoms with Crippen LogP contribution in [-0.4, -0.2) is 23.6 Å². The summed E-state index contributed by atoms with van der Waals surface area (Å²) in [5.74, 6) is 1.26. The minimum atomic E-state index is -0.207. The lowest BCUT2D eigenvalue weighted by molar-refractivity contribution is 0.0764. The molecule has 0 spiro atoms. The van der Waals surface area contributed by atoms with Crippen LogP contribution in [0.5, 0.6) is 5.75 Å². The van der Waals surface area contributed by atoms with Crippen LogP contribution in [0.15, 0.2) is 18.2 Å². The summed E-state index contributed by atoms with van der Waals surface area (Å²) in [6.07, 6.45) is 4.96. The smallest absolute Gasteiger partial charge is 0.165 e. The third kappa shape index (κ3) is 2.66. The van der Waals surface area contributed by atoms with E-state index in [1.54, 1.807) is 0 Å². The largest absolute Gasteiger partial charge is 0.493 e. The number of aliphatic hydroxyl groups excluding tert-OH is 1. The molecule has 0 saturated heterocycles. The highest BCUT2D eigenvalue weighted by Crippen LogP contribution is 2.30. The van der Waals surface area contributed by atoms with Gasteiger partial charge in [0.15, 0.2) is 5.78 Å². The van der Waals surface area contributed by atoms with E-state index in [-0.39, 0.29) is 17.8 Å². The van der Waals surface area contributed by atoms with Gasteiger partial charge in [0.25, 0.3) is 0 Å². The molecule has 3 nitrogen and oxygen atoms in total. The minimum absolute atomic E-state index is 0.0889. The van der Waals surface area contributed by atoms with E-state index < -0.39 is 0 Å². The fourth-order valence-electron chi connectivity index (χ4n) is 3.09. The number of benzene rings is 1. The van der Waals surface area contributed by atoms with E-state index in [0.29, 0.717) is 0 Å². The third-order valence-electron chi connectivity index (χ3n) is 4.26. The summed E-state index contributed by atoms with van der Waals surface area (Å²) in [7, 11) is 0. The molecule has 1 fully saturated rings. The number of hydrogen-bond donors (Lipinski definition) is 1. The van der Waals surface area contributed by atoms with Gasteiger partial charge in [-0.2, -0.15) is 0 Å². The summed E-state index contributed by atoms with van der Waals surface area (Å²) in [4.78, 5) is 12.5. The Morgan fingerprint density at radius 2 is 2.00 bits per heavy atom. The van der Waals surface area contributed by atoms with Crippen LogP contribution in [-0.2, 0) is 6.42 Å². The van der Waals surface area contributed by atoms with Crippen LogP contribution in [0.3, 0.4) is 0 Å². The lowest BCUT2D eigenvalue weighted by Crippen LogP contribution is -2.24. The summed E-state index contributed by atoms with van der Waals surface area (Å²) in [6, 6.07) is 5.82. The summed E-state index contributed by atoms with van der Waals surface area (Å²) in [6.45, 7) is 0.779. The Morgan fingerprint density at radius 3 is 2.79 bits per heavy atom. The van der Waals surface area contributed by atoms with Gasteiger partial charge in [0.2, 0.25) is 0 Å². The van der Waals surface area contributed by atoms with Crippen LogP contribution in [0.1, 0.15) is 48.0 Å². The maximum atomic E-state index is 12.5. The van der Waals surface area contributed by atoms with Crippen molar-refractivity contribution in [1.29, 1.82) is 0 Å². The van der Waals surface area contributed by atoms with Gasteiger partial charge >= 0.3 is 0 Å². The van der Waals surface area contributed by atoms with Gasteiger partial charge in [-0.25, -0.2) is 0 Å². The van der Waals surface area contributed by atoms with Crippen molar-refractivity contribution in [2.75, 3.05) is 6.61 Å². The Balaban J connectivity index is 1.76. The van der Waals surface area contributed by atoms with Crippen molar-refractivity contribution in [2.24, 2.45) is 5.92 Å². The van der Waals surface area contributed by atoms with E-state index >= 15 is 0 Å². The molecule has 3 heteroatoms. The average molecular weight is 260 g/mol. The number of hydrogen-bond acceptors (Lipinski definition) is 3. The molecule has 1 aliphatic heterocycles. The monoisotopic (exact) mass is 260 g/mol. The van der Waals surface area contributed by atoms with Crippen molar-refractivity contribution in [3.05, 3.63) is 29.3 Å². The predicted molar refractivity (Wildman–Crippen MR) is 72.6 cm³/mol. The van der Waals surface area contributed by atoms with Crippen LogP contribution < -0.4 is 4.74 Å². The molecule has 1 aliphatic carbocycles. The van der Waals surface area contributed by atoms with E-state index in [2.05, 4.69) is 0 Å². The molecule has 2 aliphatic rings. The highest BCUT2D eigenvalue weighted by Gasteiger charge is 2.26. The van der Waals surface area contributed by atoms with Gasteiger partial charge in [-0.05, 0) is 62.3 Å². The number of carbonyl (C=O) groups excluding carboxylic acids is 1. The molecule has 1 aromatic carbocycles. The normalized spacial score (nSPS) is 26.4. The molecule has 0 unspecified atom stereocenters. The van der Waals surface area contributed by atoms with Crippen LogP contribution in [0.2, 0.25) is 0 Å². The van der Waals surface area contributed by atoms with Gasteiger partial charge in [-0.15, -0.1) is 0 Å². The number of rotatable bonds is 2. The lowest BCUT2D eigenvalue weighted by atomic mass is 9.82. The molecule has 3 rings (SSSR count). The van der Waals surface area contributed by atoms with E-state index in [9.17, 15) is 9.90 Å². The van der Waals surface area contributed by atoms with Gasteiger partial charge in [0.1, 0.15) is 5.75 Å². The molecule has 0 amide bonds. The fourth-order valence-corrected chi connectivity index (χ4v) is 3.09. The Kier molecular flexibility index (Phi) is 3.56. The zero-order valence-corrected chi connectivity index (χ0v) is 11.1. The maximum absolute atomic E-state index is 12.5. The first-order chi connectivity index (χ1) is 9.24. The topological polar surface area (TPSA) is 46.5 Å². The second-order valence-electron chi connectivity index (χ2n) is 5.64. The van der Waals surface area contributed by atoms with E-state index in [1.165, 1.54) is 0 Å². The SMILES string of the molecule is O=C(c1ccc2c(c1)CCCO2)C1CCC(O)CC1. The van der Waals surface area contributed by atoms with Crippen molar-refractivity contribution >= 4 is 5.78 Å². The quantitative estimate of drug-likeness (QED) is 0.832. The van der Waals surface area contributed by atoms with Crippen LogP contribution in [0, 0.1) is 5.92 Å². The Hall–Kier alpha value is -1.35. The zero-order chi connectivity index (χ0) is 13.2. The molecular formula is C16H20O3. The second kappa shape index (κ2) is 5.33. The zero-order valence-electron chi connectivity index (χ0n) is 11.1. The summed E-state index contributed by atoms with van der Waals surface area (Å²) in [5, 5.41) is 9.51. The molecule has 0 atom stereocenters. The third-order valence-corrected chi connectivity index (χ3v) is 4.26. The summed E-state index contributed by atoms with van der Waals surface area (Å²) < 4.78 is 5.57. The highest BCUT2D eigenvalue weighted by atomic mass is 16.5. The van der Waals surface area contributed by atoms with Crippen molar-refractivity contribution in [1.82, 2.24) is 0 Å². The molecule has 0 aromatic heterocycles. The van der Waals surface area contributed by atoms with Crippen molar-refractivity contribution in [3.8, 4) is 5.75 Å². The molecule has 0 radical (unpaired) electrons. The predicted octanol–water partition coefficient (Wildman–Crippen LogP) is 2.75. The molecule has 19 heavy (non-hydrogen) atoms. The van der Waals surface area contributed by atoms with Crippen LogP contribution in [0.4, 0.5) is 0 Å². The fraction of sp³-hybridized carbons (Fsp3) is 0.562. The van der Waals surface area contributed by atoms with Crippen LogP contribution in [0.25, 0.3) is 0 Å². The Morgan fingerprint density at radius 1 is 1.21 bits per heavy atom. The second-order valence-corrected chi connectivity index (χ2v) is 5.64.